The van der Waals surface area contributed by atoms with Crippen LogP contribution in [-0.2, 0) is 19.6 Å². The van der Waals surface area contributed by atoms with Crippen molar-refractivity contribution >= 4 is 39.0 Å². The van der Waals surface area contributed by atoms with E-state index in [9.17, 15) is 18.0 Å². The Kier molecular flexibility index (Phi) is 5.67. The fourth-order valence-corrected chi connectivity index (χ4v) is 3.96. The van der Waals surface area contributed by atoms with E-state index in [0.717, 1.165) is 0 Å². The Hall–Kier alpha value is -3.20. The van der Waals surface area contributed by atoms with Gasteiger partial charge in [-0.05, 0) is 37.3 Å². The van der Waals surface area contributed by atoms with Crippen LogP contribution in [0.1, 0.15) is 33.3 Å². The summed E-state index contributed by atoms with van der Waals surface area (Å²) < 4.78 is 26.7. The number of hydrogen-bond donors (Lipinski definition) is 3. The molecule has 3 rings (SSSR count). The Bertz CT molecular complexity index is 1130. The average molecular weight is 429 g/mol. The van der Waals surface area contributed by atoms with Gasteiger partial charge in [0, 0.05) is 22.4 Å². The molecule has 0 bridgehead atoms. The Morgan fingerprint density at radius 1 is 1.00 bits per heavy atom. The van der Waals surface area contributed by atoms with Gasteiger partial charge in [-0.25, -0.2) is 8.42 Å². The number of sulfonamides is 1. The van der Waals surface area contributed by atoms with Gasteiger partial charge in [0.25, 0.3) is 10.0 Å². The summed E-state index contributed by atoms with van der Waals surface area (Å²) in [6.45, 7) is 7.00. The highest BCUT2D eigenvalue weighted by atomic mass is 32.2. The van der Waals surface area contributed by atoms with Gasteiger partial charge in [0.15, 0.2) is 0 Å². The maximum atomic E-state index is 12.6. The van der Waals surface area contributed by atoms with Crippen LogP contribution in [0.25, 0.3) is 0 Å². The van der Waals surface area contributed by atoms with Gasteiger partial charge >= 0.3 is 0 Å². The lowest BCUT2D eigenvalue weighted by atomic mass is 9.95. The molecule has 1 atom stereocenters. The fraction of sp³-hybridized carbons (Fsp3) is 0.286. The molecule has 0 fully saturated rings. The minimum atomic E-state index is -3.67. The topological polar surface area (TPSA) is 117 Å². The van der Waals surface area contributed by atoms with Gasteiger partial charge in [-0.2, -0.15) is 0 Å². The van der Waals surface area contributed by atoms with Crippen molar-refractivity contribution in [3.8, 4) is 0 Å². The molecule has 2 amide bonds. The first-order valence-electron chi connectivity index (χ1n) is 9.40. The highest BCUT2D eigenvalue weighted by Crippen LogP contribution is 2.23. The molecule has 0 saturated heterocycles. The van der Waals surface area contributed by atoms with Crippen LogP contribution in [-0.4, -0.2) is 32.1 Å². The number of amides is 2. The predicted molar refractivity (Wildman–Crippen MR) is 116 cm³/mol. The smallest absolute Gasteiger partial charge is 0.263 e. The summed E-state index contributed by atoms with van der Waals surface area (Å²) in [5.74, 6) is -0.414. The second-order valence-electron chi connectivity index (χ2n) is 8.03. The van der Waals surface area contributed by atoms with Crippen LogP contribution in [0, 0.1) is 5.41 Å². The molecule has 1 aliphatic rings. The van der Waals surface area contributed by atoms with Crippen molar-refractivity contribution in [3.05, 3.63) is 54.1 Å². The predicted octanol–water partition coefficient (Wildman–Crippen LogP) is 2.74. The Labute approximate surface area is 175 Å². The van der Waals surface area contributed by atoms with E-state index in [2.05, 4.69) is 20.3 Å². The Morgan fingerprint density at radius 3 is 2.30 bits per heavy atom. The van der Waals surface area contributed by atoms with E-state index < -0.39 is 27.4 Å². The summed E-state index contributed by atoms with van der Waals surface area (Å²) in [6.07, 6.45) is 0. The third-order valence-electron chi connectivity index (χ3n) is 4.43. The van der Waals surface area contributed by atoms with Gasteiger partial charge in [0.1, 0.15) is 11.9 Å². The number of nitrogens with zero attached hydrogens (tertiary/aromatic N) is 1. The molecule has 0 aliphatic carbocycles. The molecule has 0 spiro atoms. The molecule has 3 N–H and O–H groups in total. The molecular weight excluding hydrogens is 404 g/mol. The first-order valence-corrected chi connectivity index (χ1v) is 10.9. The number of fused-ring (bicyclic) bond motifs is 1. The Morgan fingerprint density at radius 2 is 1.63 bits per heavy atom. The molecule has 30 heavy (non-hydrogen) atoms. The van der Waals surface area contributed by atoms with Gasteiger partial charge in [-0.3, -0.25) is 19.3 Å². The number of carbonyl (C=O) groups excluding carboxylic acids is 2. The van der Waals surface area contributed by atoms with Gasteiger partial charge < -0.3 is 10.6 Å². The van der Waals surface area contributed by atoms with Crippen molar-refractivity contribution in [1.82, 2.24) is 4.72 Å². The van der Waals surface area contributed by atoms with Gasteiger partial charge in [0.2, 0.25) is 11.8 Å². The number of carbonyl (C=O) groups is 2. The molecule has 158 valence electrons. The second-order valence-corrected chi connectivity index (χ2v) is 9.68. The summed E-state index contributed by atoms with van der Waals surface area (Å²) in [4.78, 5) is 29.1. The van der Waals surface area contributed by atoms with E-state index >= 15 is 0 Å². The van der Waals surface area contributed by atoms with E-state index in [-0.39, 0.29) is 16.6 Å². The fourth-order valence-electron chi connectivity index (χ4n) is 2.72. The number of aliphatic imine (C=N–C) groups is 1. The molecule has 0 saturated carbocycles. The lowest BCUT2D eigenvalue weighted by molar-refractivity contribution is -0.123. The number of amidine groups is 1. The SMILES string of the molecule is C[C@H](N=C1NS(=O)(=O)c2ccccc21)C(=O)Nc1cccc(NC(=O)C(C)(C)C)c1. The maximum absolute atomic E-state index is 12.6. The largest absolute Gasteiger partial charge is 0.326 e. The molecule has 0 radical (unpaired) electrons. The van der Waals surface area contributed by atoms with Crippen LogP contribution < -0.4 is 15.4 Å². The normalized spacial score (nSPS) is 17.0. The van der Waals surface area contributed by atoms with Crippen molar-refractivity contribution < 1.29 is 18.0 Å². The summed E-state index contributed by atoms with van der Waals surface area (Å²) in [5, 5.41) is 5.55. The summed E-state index contributed by atoms with van der Waals surface area (Å²) in [5.41, 5.74) is 0.939. The van der Waals surface area contributed by atoms with E-state index in [0.29, 0.717) is 16.9 Å². The number of anilines is 2. The average Bonchev–Trinajstić information content (AvgIpc) is 2.92. The highest BCUT2D eigenvalue weighted by Gasteiger charge is 2.31. The highest BCUT2D eigenvalue weighted by molar-refractivity contribution is 7.90. The standard InChI is InChI=1S/C21H24N4O4S/c1-13(22-18-16-10-5-6-11-17(16)30(28,29)25-18)19(26)23-14-8-7-9-15(12-14)24-20(27)21(2,3)4/h5-13H,1-4H3,(H,22,25)(H,23,26)(H,24,27)/t13-/m0/s1. The van der Waals surface area contributed by atoms with Gasteiger partial charge in [-0.15, -0.1) is 0 Å². The van der Waals surface area contributed by atoms with Crippen LogP contribution in [0.3, 0.4) is 0 Å². The molecule has 1 aliphatic heterocycles. The van der Waals surface area contributed by atoms with Crippen LogP contribution in [0.15, 0.2) is 58.4 Å². The summed E-state index contributed by atoms with van der Waals surface area (Å²) >= 11 is 0. The number of benzene rings is 2. The molecule has 0 aromatic heterocycles. The third-order valence-corrected chi connectivity index (χ3v) is 5.83. The maximum Gasteiger partial charge on any atom is 0.263 e. The lowest BCUT2D eigenvalue weighted by Crippen LogP contribution is -2.29. The van der Waals surface area contributed by atoms with Crippen LogP contribution in [0.2, 0.25) is 0 Å². The van der Waals surface area contributed by atoms with E-state index in [1.165, 1.54) is 6.07 Å². The molecule has 9 heteroatoms. The minimum absolute atomic E-state index is 0.138. The molecule has 8 nitrogen and oxygen atoms in total. The zero-order valence-corrected chi connectivity index (χ0v) is 18.0. The van der Waals surface area contributed by atoms with E-state index in [1.54, 1.807) is 49.4 Å². The number of rotatable bonds is 4. The van der Waals surface area contributed by atoms with Crippen LogP contribution in [0.5, 0.6) is 0 Å². The molecule has 2 aromatic rings. The van der Waals surface area contributed by atoms with Crippen molar-refractivity contribution in [3.63, 3.8) is 0 Å². The molecule has 1 heterocycles. The van der Waals surface area contributed by atoms with Crippen molar-refractivity contribution in [2.24, 2.45) is 10.4 Å². The number of hydrogen-bond acceptors (Lipinski definition) is 5. The molecular formula is C21H24N4O4S. The lowest BCUT2D eigenvalue weighted by Gasteiger charge is -2.18. The Balaban J connectivity index is 1.74. The summed E-state index contributed by atoms with van der Waals surface area (Å²) in [7, 11) is -3.67. The first-order chi connectivity index (χ1) is 14.0. The third kappa shape index (κ3) is 4.68. The van der Waals surface area contributed by atoms with E-state index in [1.807, 2.05) is 20.8 Å². The zero-order valence-electron chi connectivity index (χ0n) is 17.2. The van der Waals surface area contributed by atoms with Gasteiger partial charge in [0.05, 0.1) is 4.90 Å². The minimum Gasteiger partial charge on any atom is -0.326 e. The second kappa shape index (κ2) is 7.91. The molecule has 0 unspecified atom stereocenters. The van der Waals surface area contributed by atoms with E-state index in [4.69, 9.17) is 0 Å². The zero-order chi connectivity index (χ0) is 22.1. The van der Waals surface area contributed by atoms with Gasteiger partial charge in [-0.1, -0.05) is 39.0 Å². The van der Waals surface area contributed by atoms with Crippen LogP contribution in [0.4, 0.5) is 11.4 Å². The van der Waals surface area contributed by atoms with Crippen molar-refractivity contribution in [2.75, 3.05) is 10.6 Å². The summed E-state index contributed by atoms with van der Waals surface area (Å²) in [6, 6.07) is 12.4. The monoisotopic (exact) mass is 428 g/mol. The van der Waals surface area contributed by atoms with Crippen molar-refractivity contribution in [2.45, 2.75) is 38.6 Å². The first kappa shape index (κ1) is 21.5. The molecule has 2 aromatic carbocycles. The quantitative estimate of drug-likeness (QED) is 0.694. The van der Waals surface area contributed by atoms with Crippen molar-refractivity contribution in [1.29, 1.82) is 0 Å². The number of nitrogens with one attached hydrogen (secondary N) is 3. The van der Waals surface area contributed by atoms with Crippen LogP contribution >= 0.6 is 0 Å².